The third kappa shape index (κ3) is 4.47. The monoisotopic (exact) mass is 225 g/mol. The lowest BCUT2D eigenvalue weighted by Crippen LogP contribution is -2.18. The zero-order valence-corrected chi connectivity index (χ0v) is 10.6. The normalized spacial score (nSPS) is 13.6. The fourth-order valence-electron chi connectivity index (χ4n) is 1.15. The number of anilines is 1. The third-order valence-corrected chi connectivity index (χ3v) is 2.91. The summed E-state index contributed by atoms with van der Waals surface area (Å²) in [5.41, 5.74) is 1.29. The van der Waals surface area contributed by atoms with E-state index < -0.39 is 10.8 Å². The Morgan fingerprint density at radius 1 is 1.33 bits per heavy atom. The largest absolute Gasteiger partial charge is 0.384 e. The number of nitrogens with one attached hydrogen (secondary N) is 1. The van der Waals surface area contributed by atoms with Crippen LogP contribution in [0.2, 0.25) is 0 Å². The van der Waals surface area contributed by atoms with Gasteiger partial charge in [-0.15, -0.1) is 0 Å². The van der Waals surface area contributed by atoms with Crippen molar-refractivity contribution in [2.45, 2.75) is 25.7 Å². The first-order chi connectivity index (χ1) is 6.88. The van der Waals surface area contributed by atoms with Crippen LogP contribution in [0.15, 0.2) is 29.2 Å². The van der Waals surface area contributed by atoms with Crippen molar-refractivity contribution in [3.8, 4) is 0 Å². The molecular weight excluding hydrogens is 206 g/mol. The van der Waals surface area contributed by atoms with E-state index in [2.05, 4.69) is 26.1 Å². The summed E-state index contributed by atoms with van der Waals surface area (Å²) < 4.78 is 11.3. The van der Waals surface area contributed by atoms with Crippen LogP contribution in [0.5, 0.6) is 0 Å². The molecule has 0 fully saturated rings. The minimum absolute atomic E-state index is 0.251. The summed E-state index contributed by atoms with van der Waals surface area (Å²) in [6.45, 7) is 7.46. The number of hydrogen-bond donors (Lipinski definition) is 1. The lowest BCUT2D eigenvalue weighted by molar-refractivity contribution is 0.443. The molecule has 0 unspecified atom stereocenters. The smallest absolute Gasteiger partial charge is 0.0498 e. The van der Waals surface area contributed by atoms with Crippen LogP contribution in [0, 0.1) is 5.41 Å². The van der Waals surface area contributed by atoms with Crippen molar-refractivity contribution in [1.29, 1.82) is 0 Å². The van der Waals surface area contributed by atoms with Crippen LogP contribution in [0.4, 0.5) is 5.69 Å². The molecule has 0 bridgehead atoms. The van der Waals surface area contributed by atoms with Gasteiger partial charge >= 0.3 is 0 Å². The Hall–Kier alpha value is -0.830. The summed E-state index contributed by atoms with van der Waals surface area (Å²) in [5.74, 6) is 0. The van der Waals surface area contributed by atoms with Crippen molar-refractivity contribution < 1.29 is 4.21 Å². The highest BCUT2D eigenvalue weighted by Gasteiger charge is 2.09. The summed E-state index contributed by atoms with van der Waals surface area (Å²) >= 11 is 0. The molecular formula is C12H19NOS. The fourth-order valence-corrected chi connectivity index (χ4v) is 1.72. The average molecular weight is 225 g/mol. The van der Waals surface area contributed by atoms with E-state index in [4.69, 9.17) is 0 Å². The van der Waals surface area contributed by atoms with Crippen LogP contribution in [-0.2, 0) is 10.8 Å². The summed E-state index contributed by atoms with van der Waals surface area (Å²) in [6.07, 6.45) is 1.70. The van der Waals surface area contributed by atoms with Gasteiger partial charge in [-0.1, -0.05) is 26.8 Å². The van der Waals surface area contributed by atoms with Gasteiger partial charge in [0.25, 0.3) is 0 Å². The molecule has 3 heteroatoms. The molecule has 0 aliphatic heterocycles. The van der Waals surface area contributed by atoms with Crippen LogP contribution in [0.3, 0.4) is 0 Å². The Labute approximate surface area is 94.5 Å². The first kappa shape index (κ1) is 12.2. The SMILES string of the molecule is C[S@](=O)c1cccc(NCC(C)(C)C)c1. The quantitative estimate of drug-likeness (QED) is 0.857. The van der Waals surface area contributed by atoms with Crippen molar-refractivity contribution in [1.82, 2.24) is 0 Å². The number of hydrogen-bond acceptors (Lipinski definition) is 2. The second-order valence-electron chi connectivity index (χ2n) is 4.90. The molecule has 2 nitrogen and oxygen atoms in total. The van der Waals surface area contributed by atoms with E-state index >= 15 is 0 Å². The first-order valence-corrected chi connectivity index (χ1v) is 6.62. The van der Waals surface area contributed by atoms with E-state index in [1.807, 2.05) is 24.3 Å². The lowest BCUT2D eigenvalue weighted by atomic mass is 9.97. The van der Waals surface area contributed by atoms with Crippen molar-refractivity contribution in [3.63, 3.8) is 0 Å². The van der Waals surface area contributed by atoms with Crippen molar-refractivity contribution in [3.05, 3.63) is 24.3 Å². The Kier molecular flexibility index (Phi) is 3.91. The van der Waals surface area contributed by atoms with Gasteiger partial charge < -0.3 is 5.32 Å². The standard InChI is InChI=1S/C12H19NOS/c1-12(2,3)9-13-10-6-5-7-11(8-10)15(4)14/h5-8,13H,9H2,1-4H3/t15-/m0/s1. The molecule has 0 saturated carbocycles. The van der Waals surface area contributed by atoms with Crippen molar-refractivity contribution in [2.75, 3.05) is 18.1 Å². The summed E-state index contributed by atoms with van der Waals surface area (Å²) in [6, 6.07) is 7.77. The average Bonchev–Trinajstić information content (AvgIpc) is 2.14. The zero-order valence-electron chi connectivity index (χ0n) is 9.83. The van der Waals surface area contributed by atoms with Crippen LogP contribution in [0.1, 0.15) is 20.8 Å². The Balaban J connectivity index is 2.70. The molecule has 0 heterocycles. The van der Waals surface area contributed by atoms with E-state index in [0.29, 0.717) is 0 Å². The van der Waals surface area contributed by atoms with Gasteiger partial charge in [-0.25, -0.2) is 0 Å². The highest BCUT2D eigenvalue weighted by Crippen LogP contribution is 2.17. The summed E-state index contributed by atoms with van der Waals surface area (Å²) in [4.78, 5) is 0.869. The molecule has 1 N–H and O–H groups in total. The molecule has 0 amide bonds. The molecule has 1 aromatic carbocycles. The maximum atomic E-state index is 11.3. The van der Waals surface area contributed by atoms with Crippen LogP contribution in [-0.4, -0.2) is 17.0 Å². The summed E-state index contributed by atoms with van der Waals surface area (Å²) in [5, 5.41) is 3.35. The van der Waals surface area contributed by atoms with E-state index in [1.54, 1.807) is 6.26 Å². The molecule has 0 aliphatic carbocycles. The molecule has 0 spiro atoms. The van der Waals surface area contributed by atoms with Crippen molar-refractivity contribution in [2.24, 2.45) is 5.41 Å². The molecule has 1 aromatic rings. The molecule has 84 valence electrons. The van der Waals surface area contributed by atoms with Gasteiger partial charge in [-0.3, -0.25) is 4.21 Å². The molecule has 0 aliphatic rings. The highest BCUT2D eigenvalue weighted by atomic mass is 32.2. The van der Waals surface area contributed by atoms with Crippen LogP contribution >= 0.6 is 0 Å². The van der Waals surface area contributed by atoms with Gasteiger partial charge in [0.2, 0.25) is 0 Å². The minimum atomic E-state index is -0.904. The van der Waals surface area contributed by atoms with Gasteiger partial charge in [0, 0.05) is 34.2 Å². The van der Waals surface area contributed by atoms with E-state index in [1.165, 1.54) is 0 Å². The van der Waals surface area contributed by atoms with E-state index in [0.717, 1.165) is 17.1 Å². The second-order valence-corrected chi connectivity index (χ2v) is 6.28. The van der Waals surface area contributed by atoms with Gasteiger partial charge in [0.1, 0.15) is 0 Å². The van der Waals surface area contributed by atoms with Gasteiger partial charge in [0.15, 0.2) is 0 Å². The van der Waals surface area contributed by atoms with Gasteiger partial charge in [-0.2, -0.15) is 0 Å². The van der Waals surface area contributed by atoms with E-state index in [-0.39, 0.29) is 5.41 Å². The molecule has 0 radical (unpaired) electrons. The Morgan fingerprint density at radius 3 is 2.53 bits per heavy atom. The zero-order chi connectivity index (χ0) is 11.5. The number of benzene rings is 1. The number of rotatable bonds is 3. The first-order valence-electron chi connectivity index (χ1n) is 5.06. The van der Waals surface area contributed by atoms with Crippen molar-refractivity contribution >= 4 is 16.5 Å². The van der Waals surface area contributed by atoms with Crippen LogP contribution in [0.25, 0.3) is 0 Å². The topological polar surface area (TPSA) is 29.1 Å². The maximum Gasteiger partial charge on any atom is 0.0498 e. The lowest BCUT2D eigenvalue weighted by Gasteiger charge is -2.19. The fraction of sp³-hybridized carbons (Fsp3) is 0.500. The summed E-state index contributed by atoms with van der Waals surface area (Å²) in [7, 11) is -0.904. The maximum absolute atomic E-state index is 11.3. The molecule has 1 rings (SSSR count). The predicted octanol–water partition coefficient (Wildman–Crippen LogP) is 2.88. The molecule has 0 aromatic heterocycles. The molecule has 15 heavy (non-hydrogen) atoms. The minimum Gasteiger partial charge on any atom is -0.384 e. The highest BCUT2D eigenvalue weighted by molar-refractivity contribution is 7.84. The Bertz CT molecular complexity index is 355. The second kappa shape index (κ2) is 4.79. The van der Waals surface area contributed by atoms with Crippen LogP contribution < -0.4 is 5.32 Å². The molecule has 1 atom stereocenters. The Morgan fingerprint density at radius 2 is 2.00 bits per heavy atom. The van der Waals surface area contributed by atoms with Gasteiger partial charge in [-0.05, 0) is 23.6 Å². The van der Waals surface area contributed by atoms with E-state index in [9.17, 15) is 4.21 Å². The third-order valence-electron chi connectivity index (χ3n) is 1.99. The van der Waals surface area contributed by atoms with Gasteiger partial charge in [0.05, 0.1) is 0 Å². The predicted molar refractivity (Wildman–Crippen MR) is 66.7 cm³/mol. The molecule has 0 saturated heterocycles.